The van der Waals surface area contributed by atoms with Gasteiger partial charge in [0.15, 0.2) is 6.73 Å². The van der Waals surface area contributed by atoms with Gasteiger partial charge >= 0.3 is 0 Å². The van der Waals surface area contributed by atoms with Crippen LogP contribution in [-0.4, -0.2) is 44.9 Å². The molecule has 0 spiro atoms. The first kappa shape index (κ1) is 9.39. The predicted molar refractivity (Wildman–Crippen MR) is 33.9 cm³/mol. The number of methoxy groups -OCH3 is 1. The highest BCUT2D eigenvalue weighted by atomic mass is 16.5. The highest BCUT2D eigenvalue weighted by Gasteiger charge is 2.13. The zero-order valence-electron chi connectivity index (χ0n) is 6.59. The van der Waals surface area contributed by atoms with E-state index in [9.17, 15) is 9.90 Å². The van der Waals surface area contributed by atoms with Crippen LogP contribution in [0.1, 0.15) is 0 Å². The standard InChI is InChI=1S/C6H13NO3/c1-7(2,5-10-3)4-6(8)9/h4-5H2,1-3H3. The Morgan fingerprint density at radius 3 is 2.40 bits per heavy atom. The van der Waals surface area contributed by atoms with Crippen molar-refractivity contribution in [1.82, 2.24) is 0 Å². The van der Waals surface area contributed by atoms with Crippen LogP contribution in [0.3, 0.4) is 0 Å². The van der Waals surface area contributed by atoms with E-state index in [1.807, 2.05) is 0 Å². The zero-order chi connectivity index (χ0) is 8.20. The largest absolute Gasteiger partial charge is 0.544 e. The number of hydrogen-bond acceptors (Lipinski definition) is 3. The van der Waals surface area contributed by atoms with Crippen molar-refractivity contribution in [2.24, 2.45) is 0 Å². The summed E-state index contributed by atoms with van der Waals surface area (Å²) in [7, 11) is 5.06. The fourth-order valence-electron chi connectivity index (χ4n) is 0.745. The lowest BCUT2D eigenvalue weighted by molar-refractivity contribution is -0.903. The molecule has 10 heavy (non-hydrogen) atoms. The van der Waals surface area contributed by atoms with Gasteiger partial charge in [-0.2, -0.15) is 0 Å². The fraction of sp³-hybridized carbons (Fsp3) is 0.833. The maximum atomic E-state index is 10.1. The first-order valence-electron chi connectivity index (χ1n) is 2.99. The Morgan fingerprint density at radius 2 is 2.10 bits per heavy atom. The molecular formula is C6H13NO3. The molecular weight excluding hydrogens is 134 g/mol. The van der Waals surface area contributed by atoms with Gasteiger partial charge < -0.3 is 19.1 Å². The lowest BCUT2D eigenvalue weighted by Gasteiger charge is -2.28. The van der Waals surface area contributed by atoms with Gasteiger partial charge in [0.1, 0.15) is 6.54 Å². The summed E-state index contributed by atoms with van der Waals surface area (Å²) < 4.78 is 5.08. The summed E-state index contributed by atoms with van der Waals surface area (Å²) in [6, 6.07) is 0. The number of nitrogens with zero attached hydrogens (tertiary/aromatic N) is 1. The molecule has 0 N–H and O–H groups in total. The summed E-state index contributed by atoms with van der Waals surface area (Å²) in [5.41, 5.74) is 0. The predicted octanol–water partition coefficient (Wildman–Crippen LogP) is -1.58. The van der Waals surface area contributed by atoms with Gasteiger partial charge in [-0.05, 0) is 0 Å². The van der Waals surface area contributed by atoms with E-state index in [1.165, 1.54) is 7.11 Å². The Kier molecular flexibility index (Phi) is 3.32. The van der Waals surface area contributed by atoms with Crippen LogP contribution in [0.15, 0.2) is 0 Å². The van der Waals surface area contributed by atoms with Crippen LogP contribution in [0.5, 0.6) is 0 Å². The number of carboxylic acids is 1. The number of carbonyl (C=O) groups excluding carboxylic acids is 1. The van der Waals surface area contributed by atoms with Crippen LogP contribution in [0.4, 0.5) is 0 Å². The number of rotatable bonds is 4. The lowest BCUT2D eigenvalue weighted by atomic mass is 10.5. The molecule has 0 aliphatic carbocycles. The molecule has 0 radical (unpaired) electrons. The molecule has 0 aliphatic rings. The van der Waals surface area contributed by atoms with Gasteiger partial charge in [0.05, 0.1) is 20.1 Å². The van der Waals surface area contributed by atoms with E-state index in [-0.39, 0.29) is 6.54 Å². The van der Waals surface area contributed by atoms with Gasteiger partial charge in [-0.15, -0.1) is 0 Å². The minimum absolute atomic E-state index is 0.0200. The molecule has 0 saturated carbocycles. The van der Waals surface area contributed by atoms with Gasteiger partial charge in [-0.25, -0.2) is 0 Å². The maximum Gasteiger partial charge on any atom is 0.182 e. The Morgan fingerprint density at radius 1 is 1.60 bits per heavy atom. The number of aliphatic carboxylic acids is 1. The third kappa shape index (κ3) is 4.29. The number of ether oxygens (including phenoxy) is 1. The molecule has 0 saturated heterocycles. The molecule has 60 valence electrons. The van der Waals surface area contributed by atoms with Crippen LogP contribution in [-0.2, 0) is 9.53 Å². The van der Waals surface area contributed by atoms with Gasteiger partial charge in [0.2, 0.25) is 0 Å². The Labute approximate surface area is 60.6 Å². The van der Waals surface area contributed by atoms with E-state index < -0.39 is 5.97 Å². The molecule has 0 rings (SSSR count). The van der Waals surface area contributed by atoms with Crippen molar-refractivity contribution < 1.29 is 19.1 Å². The van der Waals surface area contributed by atoms with Gasteiger partial charge in [-0.1, -0.05) is 0 Å². The normalized spacial score (nSPS) is 11.5. The van der Waals surface area contributed by atoms with E-state index in [1.54, 1.807) is 14.1 Å². The van der Waals surface area contributed by atoms with E-state index in [4.69, 9.17) is 4.74 Å². The second-order valence-electron chi connectivity index (χ2n) is 2.88. The number of carbonyl (C=O) groups is 1. The van der Waals surface area contributed by atoms with Crippen LogP contribution in [0.25, 0.3) is 0 Å². The van der Waals surface area contributed by atoms with Gasteiger partial charge in [0.25, 0.3) is 0 Å². The number of likely N-dealkylation sites (N-methyl/N-ethyl adjacent to an activating group) is 1. The summed E-state index contributed by atoms with van der Waals surface area (Å²) in [5.74, 6) is -1.05. The van der Waals surface area contributed by atoms with Crippen molar-refractivity contribution in [1.29, 1.82) is 0 Å². The fourth-order valence-corrected chi connectivity index (χ4v) is 0.745. The van der Waals surface area contributed by atoms with Crippen LogP contribution in [0, 0.1) is 0 Å². The molecule has 0 amide bonds. The minimum Gasteiger partial charge on any atom is -0.544 e. The summed E-state index contributed by atoms with van der Waals surface area (Å²) in [6.07, 6.45) is 0. The average Bonchev–Trinajstić information content (AvgIpc) is 1.59. The molecule has 0 heterocycles. The molecule has 0 aromatic rings. The Bertz CT molecular complexity index is 122. The number of carboxylic acid groups (broad SMARTS) is 1. The van der Waals surface area contributed by atoms with Crippen LogP contribution in [0.2, 0.25) is 0 Å². The molecule has 0 fully saturated rings. The van der Waals surface area contributed by atoms with Crippen molar-refractivity contribution in [2.45, 2.75) is 0 Å². The average molecular weight is 147 g/mol. The van der Waals surface area contributed by atoms with Crippen LogP contribution < -0.4 is 5.11 Å². The lowest BCUT2D eigenvalue weighted by Crippen LogP contribution is -2.49. The maximum absolute atomic E-state index is 10.1. The topological polar surface area (TPSA) is 49.4 Å². The molecule has 0 aliphatic heterocycles. The Hall–Kier alpha value is -0.610. The van der Waals surface area contributed by atoms with Crippen molar-refractivity contribution in [3.8, 4) is 0 Å². The summed E-state index contributed by atoms with van der Waals surface area (Å²) >= 11 is 0. The van der Waals surface area contributed by atoms with E-state index in [0.717, 1.165) is 0 Å². The van der Waals surface area contributed by atoms with Gasteiger partial charge in [-0.3, -0.25) is 0 Å². The third-order valence-corrected chi connectivity index (χ3v) is 1.04. The van der Waals surface area contributed by atoms with Crippen molar-refractivity contribution in [3.63, 3.8) is 0 Å². The highest BCUT2D eigenvalue weighted by Crippen LogP contribution is 1.93. The third-order valence-electron chi connectivity index (χ3n) is 1.04. The molecule has 4 nitrogen and oxygen atoms in total. The molecule has 0 aromatic heterocycles. The van der Waals surface area contributed by atoms with E-state index >= 15 is 0 Å². The quantitative estimate of drug-likeness (QED) is 0.356. The second kappa shape index (κ2) is 3.53. The van der Waals surface area contributed by atoms with E-state index in [0.29, 0.717) is 11.2 Å². The first-order valence-corrected chi connectivity index (χ1v) is 2.99. The van der Waals surface area contributed by atoms with Crippen molar-refractivity contribution in [3.05, 3.63) is 0 Å². The monoisotopic (exact) mass is 147 g/mol. The van der Waals surface area contributed by atoms with Crippen molar-refractivity contribution >= 4 is 5.97 Å². The summed E-state index contributed by atoms with van der Waals surface area (Å²) in [6.45, 7) is 0.363. The molecule has 4 heteroatoms. The number of quaternary nitrogens is 1. The molecule has 0 aromatic carbocycles. The molecule has 0 atom stereocenters. The van der Waals surface area contributed by atoms with Crippen LogP contribution >= 0.6 is 0 Å². The van der Waals surface area contributed by atoms with Gasteiger partial charge in [0, 0.05) is 7.11 Å². The SMILES string of the molecule is COC[N+](C)(C)CC(=O)[O-]. The van der Waals surface area contributed by atoms with Crippen molar-refractivity contribution in [2.75, 3.05) is 34.5 Å². The highest BCUT2D eigenvalue weighted by molar-refractivity contribution is 5.65. The minimum atomic E-state index is -1.05. The summed E-state index contributed by atoms with van der Waals surface area (Å²) in [4.78, 5) is 10.1. The smallest absolute Gasteiger partial charge is 0.182 e. The number of hydrogen-bond donors (Lipinski definition) is 0. The summed E-state index contributed by atoms with van der Waals surface area (Å²) in [5, 5.41) is 10.1. The van der Waals surface area contributed by atoms with E-state index in [2.05, 4.69) is 0 Å². The zero-order valence-corrected chi connectivity index (χ0v) is 6.59. The first-order chi connectivity index (χ1) is 4.48. The molecule has 0 bridgehead atoms. The second-order valence-corrected chi connectivity index (χ2v) is 2.88. The molecule has 0 unspecified atom stereocenters. The Balaban J connectivity index is 3.74.